The Morgan fingerprint density at radius 2 is 1.81 bits per heavy atom. The molecule has 1 aromatic rings. The lowest BCUT2D eigenvalue weighted by molar-refractivity contribution is -0.135. The molecule has 4 heteroatoms. The van der Waals surface area contributed by atoms with Gasteiger partial charge in [-0.1, -0.05) is 12.1 Å². The molecule has 21 heavy (non-hydrogen) atoms. The van der Waals surface area contributed by atoms with Crippen LogP contribution in [0, 0.1) is 0 Å². The highest BCUT2D eigenvalue weighted by Gasteiger charge is 2.21. The number of carbonyl (C=O) groups is 1. The van der Waals surface area contributed by atoms with Gasteiger partial charge in [0, 0.05) is 18.6 Å². The number of rotatable bonds is 7. The van der Waals surface area contributed by atoms with Gasteiger partial charge in [-0.25, -0.2) is 0 Å². The Kier molecular flexibility index (Phi) is 6.69. The smallest absolute Gasteiger partial charge is 0.237 e. The van der Waals surface area contributed by atoms with Crippen LogP contribution >= 0.6 is 0 Å². The van der Waals surface area contributed by atoms with Crippen molar-refractivity contribution in [2.45, 2.75) is 46.3 Å². The second-order valence-electron chi connectivity index (χ2n) is 6.01. The minimum absolute atomic E-state index is 0.172. The summed E-state index contributed by atoms with van der Waals surface area (Å²) in [6.45, 7) is 9.38. The van der Waals surface area contributed by atoms with Crippen LogP contribution in [0.15, 0.2) is 24.3 Å². The Bertz CT molecular complexity index is 450. The number of likely N-dealkylation sites (N-methyl/N-ethyl adjacent to an activating group) is 1. The first-order chi connectivity index (χ1) is 9.85. The van der Waals surface area contributed by atoms with E-state index < -0.39 is 0 Å². The highest BCUT2D eigenvalue weighted by molar-refractivity contribution is 5.78. The normalized spacial score (nSPS) is 11.3. The van der Waals surface area contributed by atoms with Crippen molar-refractivity contribution in [1.29, 1.82) is 0 Å². The van der Waals surface area contributed by atoms with Gasteiger partial charge in [0.2, 0.25) is 5.91 Å². The van der Waals surface area contributed by atoms with E-state index in [2.05, 4.69) is 27.7 Å². The van der Waals surface area contributed by atoms with Crippen molar-refractivity contribution in [2.75, 3.05) is 20.7 Å². The van der Waals surface area contributed by atoms with Gasteiger partial charge in [0.15, 0.2) is 0 Å². The standard InChI is InChI=1S/C17H28N2O2/c1-13(2)19(14(3)4)17(20)12-18(5)11-15-8-7-9-16(10-15)21-6/h7-10,13-14H,11-12H2,1-6H3. The summed E-state index contributed by atoms with van der Waals surface area (Å²) in [4.78, 5) is 16.4. The van der Waals surface area contributed by atoms with Gasteiger partial charge in [-0.2, -0.15) is 0 Å². The Hall–Kier alpha value is -1.55. The Labute approximate surface area is 128 Å². The molecule has 0 aliphatic carbocycles. The molecule has 0 heterocycles. The minimum atomic E-state index is 0.172. The predicted molar refractivity (Wildman–Crippen MR) is 86.4 cm³/mol. The summed E-state index contributed by atoms with van der Waals surface area (Å²) >= 11 is 0. The van der Waals surface area contributed by atoms with Crippen molar-refractivity contribution >= 4 is 5.91 Å². The van der Waals surface area contributed by atoms with Gasteiger partial charge < -0.3 is 9.64 Å². The lowest BCUT2D eigenvalue weighted by atomic mass is 10.2. The number of amides is 1. The molecule has 1 rings (SSSR count). The van der Waals surface area contributed by atoms with Gasteiger partial charge >= 0.3 is 0 Å². The molecular formula is C17H28N2O2. The Morgan fingerprint density at radius 1 is 1.19 bits per heavy atom. The largest absolute Gasteiger partial charge is 0.497 e. The van der Waals surface area contributed by atoms with E-state index in [-0.39, 0.29) is 18.0 Å². The average molecular weight is 292 g/mol. The number of hydrogen-bond donors (Lipinski definition) is 0. The van der Waals surface area contributed by atoms with Crippen molar-refractivity contribution in [1.82, 2.24) is 9.80 Å². The zero-order valence-electron chi connectivity index (χ0n) is 14.1. The van der Waals surface area contributed by atoms with Crippen molar-refractivity contribution in [3.63, 3.8) is 0 Å². The van der Waals surface area contributed by atoms with Crippen LogP contribution in [0.3, 0.4) is 0 Å². The Morgan fingerprint density at radius 3 is 2.33 bits per heavy atom. The molecule has 0 aliphatic heterocycles. The third-order valence-electron chi connectivity index (χ3n) is 3.39. The van der Waals surface area contributed by atoms with Crippen molar-refractivity contribution in [3.05, 3.63) is 29.8 Å². The van der Waals surface area contributed by atoms with Crippen LogP contribution in [-0.4, -0.2) is 48.5 Å². The van der Waals surface area contributed by atoms with Gasteiger partial charge in [-0.3, -0.25) is 9.69 Å². The topological polar surface area (TPSA) is 32.8 Å². The quantitative estimate of drug-likeness (QED) is 0.774. The molecule has 0 bridgehead atoms. The number of ether oxygens (including phenoxy) is 1. The van der Waals surface area contributed by atoms with Crippen molar-refractivity contribution in [3.8, 4) is 5.75 Å². The molecule has 0 N–H and O–H groups in total. The fourth-order valence-electron chi connectivity index (χ4n) is 2.62. The van der Waals surface area contributed by atoms with E-state index in [4.69, 9.17) is 4.74 Å². The minimum Gasteiger partial charge on any atom is -0.497 e. The van der Waals surface area contributed by atoms with Gasteiger partial charge in [0.05, 0.1) is 13.7 Å². The summed E-state index contributed by atoms with van der Waals surface area (Å²) in [5.41, 5.74) is 1.14. The highest BCUT2D eigenvalue weighted by Crippen LogP contribution is 2.14. The van der Waals surface area contributed by atoms with Gasteiger partial charge in [0.25, 0.3) is 0 Å². The first-order valence-corrected chi connectivity index (χ1v) is 7.47. The molecule has 4 nitrogen and oxygen atoms in total. The molecular weight excluding hydrogens is 264 g/mol. The number of hydrogen-bond acceptors (Lipinski definition) is 3. The van der Waals surface area contributed by atoms with Gasteiger partial charge in [-0.05, 0) is 52.4 Å². The monoisotopic (exact) mass is 292 g/mol. The first kappa shape index (κ1) is 17.5. The van der Waals surface area contributed by atoms with Crippen LogP contribution in [0.1, 0.15) is 33.3 Å². The van der Waals surface area contributed by atoms with E-state index in [1.807, 2.05) is 41.1 Å². The summed E-state index contributed by atoms with van der Waals surface area (Å²) in [7, 11) is 3.63. The molecule has 0 fully saturated rings. The first-order valence-electron chi connectivity index (χ1n) is 7.47. The van der Waals surface area contributed by atoms with Crippen molar-refractivity contribution < 1.29 is 9.53 Å². The molecule has 0 atom stereocenters. The Balaban J connectivity index is 2.63. The molecule has 0 saturated carbocycles. The molecule has 0 aliphatic rings. The number of carbonyl (C=O) groups excluding carboxylic acids is 1. The van der Waals surface area contributed by atoms with Crippen LogP contribution in [0.5, 0.6) is 5.75 Å². The van der Waals surface area contributed by atoms with E-state index >= 15 is 0 Å². The molecule has 0 saturated heterocycles. The predicted octanol–water partition coefficient (Wildman–Crippen LogP) is 2.77. The molecule has 0 spiro atoms. The maximum absolute atomic E-state index is 12.4. The van der Waals surface area contributed by atoms with Crippen LogP contribution in [0.25, 0.3) is 0 Å². The summed E-state index contributed by atoms with van der Waals surface area (Å²) in [6.07, 6.45) is 0. The van der Waals surface area contributed by atoms with Crippen LogP contribution in [0.4, 0.5) is 0 Å². The number of nitrogens with zero attached hydrogens (tertiary/aromatic N) is 2. The maximum atomic E-state index is 12.4. The van der Waals surface area contributed by atoms with E-state index in [1.165, 1.54) is 0 Å². The van der Waals surface area contributed by atoms with E-state index in [9.17, 15) is 4.79 Å². The van der Waals surface area contributed by atoms with Crippen LogP contribution in [0.2, 0.25) is 0 Å². The van der Waals surface area contributed by atoms with E-state index in [0.717, 1.165) is 17.9 Å². The van der Waals surface area contributed by atoms with E-state index in [0.29, 0.717) is 6.54 Å². The average Bonchev–Trinajstić information content (AvgIpc) is 2.37. The summed E-state index contributed by atoms with van der Waals surface area (Å²) in [5.74, 6) is 1.02. The molecule has 0 aromatic heterocycles. The molecule has 1 aromatic carbocycles. The van der Waals surface area contributed by atoms with Gasteiger partial charge in [0.1, 0.15) is 5.75 Å². The number of methoxy groups -OCH3 is 1. The van der Waals surface area contributed by atoms with E-state index in [1.54, 1.807) is 7.11 Å². The fourth-order valence-corrected chi connectivity index (χ4v) is 2.62. The van der Waals surface area contributed by atoms with Crippen LogP contribution in [-0.2, 0) is 11.3 Å². The molecule has 0 unspecified atom stereocenters. The third-order valence-corrected chi connectivity index (χ3v) is 3.39. The zero-order chi connectivity index (χ0) is 16.0. The molecule has 1 amide bonds. The second kappa shape index (κ2) is 8.03. The zero-order valence-corrected chi connectivity index (χ0v) is 14.1. The molecule has 0 radical (unpaired) electrons. The summed E-state index contributed by atoms with van der Waals surface area (Å²) in [5, 5.41) is 0. The maximum Gasteiger partial charge on any atom is 0.237 e. The van der Waals surface area contributed by atoms with Gasteiger partial charge in [-0.15, -0.1) is 0 Å². The van der Waals surface area contributed by atoms with Crippen LogP contribution < -0.4 is 4.74 Å². The summed E-state index contributed by atoms with van der Waals surface area (Å²) < 4.78 is 5.22. The van der Waals surface area contributed by atoms with Crippen molar-refractivity contribution in [2.24, 2.45) is 0 Å². The summed E-state index contributed by atoms with van der Waals surface area (Å²) in [6, 6.07) is 8.40. The SMILES string of the molecule is COc1cccc(CN(C)CC(=O)N(C(C)C)C(C)C)c1. The fraction of sp³-hybridized carbons (Fsp3) is 0.588. The third kappa shape index (κ3) is 5.38. The lowest BCUT2D eigenvalue weighted by Crippen LogP contribution is -2.46. The highest BCUT2D eigenvalue weighted by atomic mass is 16.5. The second-order valence-corrected chi connectivity index (χ2v) is 6.01. The lowest BCUT2D eigenvalue weighted by Gasteiger charge is -2.32. The number of benzene rings is 1. The molecule has 118 valence electrons.